The van der Waals surface area contributed by atoms with Gasteiger partial charge < -0.3 is 14.5 Å². The van der Waals surface area contributed by atoms with Gasteiger partial charge in [-0.3, -0.25) is 14.2 Å². The zero-order chi connectivity index (χ0) is 18.3. The number of hydrogen-bond acceptors (Lipinski definition) is 4. The quantitative estimate of drug-likeness (QED) is 0.578. The fourth-order valence-corrected chi connectivity index (χ4v) is 3.25. The van der Waals surface area contributed by atoms with Crippen molar-refractivity contribution < 1.29 is 9.47 Å². The van der Waals surface area contributed by atoms with E-state index in [1.807, 2.05) is 24.3 Å². The number of nitrogens with one attached hydrogen (secondary N) is 1. The minimum atomic E-state index is -0.410. The number of H-pyrrole nitrogens is 1. The van der Waals surface area contributed by atoms with Crippen LogP contribution in [0.25, 0.3) is 27.4 Å². The molecule has 0 spiro atoms. The Morgan fingerprint density at radius 1 is 0.885 bits per heavy atom. The summed E-state index contributed by atoms with van der Waals surface area (Å²) in [5, 5.41) is 1.58. The molecule has 26 heavy (non-hydrogen) atoms. The van der Waals surface area contributed by atoms with E-state index in [2.05, 4.69) is 4.98 Å². The third-order valence-corrected chi connectivity index (χ3v) is 4.44. The molecule has 0 aliphatic rings. The van der Waals surface area contributed by atoms with E-state index in [1.165, 1.54) is 11.7 Å². The minimum absolute atomic E-state index is 0.126. The van der Waals surface area contributed by atoms with E-state index in [-0.39, 0.29) is 10.9 Å². The Morgan fingerprint density at radius 3 is 2.42 bits per heavy atom. The standard InChI is InChI=1S/C20H16N2O4/c1-25-16-8-7-12(11-17(16)26-2)22-15-6-4-3-5-13(15)14-9-10-21-19(23)18(14)20(22)24/h3-11H,1-2H3,(H,21,23). The maximum absolute atomic E-state index is 13.2. The third kappa shape index (κ3) is 2.27. The van der Waals surface area contributed by atoms with E-state index in [1.54, 1.807) is 37.6 Å². The molecule has 130 valence electrons. The van der Waals surface area contributed by atoms with E-state index in [0.717, 1.165) is 5.39 Å². The van der Waals surface area contributed by atoms with Crippen LogP contribution >= 0.6 is 0 Å². The van der Waals surface area contributed by atoms with Crippen molar-refractivity contribution in [3.63, 3.8) is 0 Å². The number of methoxy groups -OCH3 is 2. The van der Waals surface area contributed by atoms with Crippen molar-refractivity contribution in [3.8, 4) is 17.2 Å². The second-order valence-electron chi connectivity index (χ2n) is 5.79. The molecule has 6 heteroatoms. The maximum atomic E-state index is 13.2. The summed E-state index contributed by atoms with van der Waals surface area (Å²) in [5.74, 6) is 1.07. The number of para-hydroxylation sites is 1. The molecule has 0 aliphatic heterocycles. The Hall–Kier alpha value is -3.54. The van der Waals surface area contributed by atoms with Crippen molar-refractivity contribution >= 4 is 21.7 Å². The van der Waals surface area contributed by atoms with E-state index in [9.17, 15) is 9.59 Å². The summed E-state index contributed by atoms with van der Waals surface area (Å²) >= 11 is 0. The molecule has 0 unspecified atom stereocenters. The molecule has 0 bridgehead atoms. The van der Waals surface area contributed by atoms with Crippen molar-refractivity contribution in [1.29, 1.82) is 0 Å². The number of pyridine rings is 2. The Morgan fingerprint density at radius 2 is 1.65 bits per heavy atom. The molecule has 6 nitrogen and oxygen atoms in total. The third-order valence-electron chi connectivity index (χ3n) is 4.44. The fraction of sp³-hybridized carbons (Fsp3) is 0.100. The number of nitrogens with zero attached hydrogens (tertiary/aromatic N) is 1. The van der Waals surface area contributed by atoms with Crippen LogP contribution in [0.5, 0.6) is 11.5 Å². The van der Waals surface area contributed by atoms with Gasteiger partial charge in [-0.05, 0) is 24.3 Å². The number of benzene rings is 2. The molecule has 2 aromatic carbocycles. The van der Waals surface area contributed by atoms with Gasteiger partial charge in [-0.15, -0.1) is 0 Å². The number of ether oxygens (including phenoxy) is 2. The molecule has 0 saturated carbocycles. The van der Waals surface area contributed by atoms with Gasteiger partial charge in [0.2, 0.25) is 0 Å². The van der Waals surface area contributed by atoms with E-state index in [0.29, 0.717) is 28.1 Å². The lowest BCUT2D eigenvalue weighted by Crippen LogP contribution is -2.25. The summed E-state index contributed by atoms with van der Waals surface area (Å²) in [5.41, 5.74) is 0.511. The highest BCUT2D eigenvalue weighted by Crippen LogP contribution is 2.30. The second-order valence-corrected chi connectivity index (χ2v) is 5.79. The Balaban J connectivity index is 2.19. The molecule has 0 fully saturated rings. The monoisotopic (exact) mass is 348 g/mol. The van der Waals surface area contributed by atoms with Crippen molar-refractivity contribution in [2.75, 3.05) is 14.2 Å². The summed E-state index contributed by atoms with van der Waals surface area (Å²) in [6.07, 6.45) is 1.55. The number of hydrogen-bond donors (Lipinski definition) is 1. The zero-order valence-corrected chi connectivity index (χ0v) is 14.3. The van der Waals surface area contributed by atoms with Gasteiger partial charge in [0.15, 0.2) is 11.5 Å². The average molecular weight is 348 g/mol. The molecule has 2 heterocycles. The van der Waals surface area contributed by atoms with E-state index >= 15 is 0 Å². The summed E-state index contributed by atoms with van der Waals surface area (Å²) in [4.78, 5) is 28.1. The lowest BCUT2D eigenvalue weighted by atomic mass is 10.1. The van der Waals surface area contributed by atoms with Crippen LogP contribution in [0.1, 0.15) is 0 Å². The average Bonchev–Trinajstić information content (AvgIpc) is 2.68. The van der Waals surface area contributed by atoms with Crippen LogP contribution < -0.4 is 20.6 Å². The van der Waals surface area contributed by atoms with Crippen LogP contribution in [0.2, 0.25) is 0 Å². The van der Waals surface area contributed by atoms with Gasteiger partial charge in [-0.25, -0.2) is 0 Å². The van der Waals surface area contributed by atoms with Gasteiger partial charge in [-0.1, -0.05) is 18.2 Å². The molecule has 2 aromatic heterocycles. The smallest absolute Gasteiger partial charge is 0.269 e. The lowest BCUT2D eigenvalue weighted by Gasteiger charge is -2.15. The number of aromatic amines is 1. The normalized spacial score (nSPS) is 11.0. The predicted molar refractivity (Wildman–Crippen MR) is 101 cm³/mol. The lowest BCUT2D eigenvalue weighted by molar-refractivity contribution is 0.355. The fourth-order valence-electron chi connectivity index (χ4n) is 3.25. The second kappa shape index (κ2) is 6.07. The Kier molecular flexibility index (Phi) is 3.73. The zero-order valence-electron chi connectivity index (χ0n) is 14.3. The van der Waals surface area contributed by atoms with E-state index in [4.69, 9.17) is 9.47 Å². The van der Waals surface area contributed by atoms with Crippen LogP contribution in [-0.4, -0.2) is 23.8 Å². The molecule has 4 rings (SSSR count). The Bertz CT molecular complexity index is 1250. The highest BCUT2D eigenvalue weighted by molar-refractivity contribution is 6.05. The van der Waals surface area contributed by atoms with Crippen molar-refractivity contribution in [2.45, 2.75) is 0 Å². The molecular formula is C20H16N2O4. The molecular weight excluding hydrogens is 332 g/mol. The Labute approximate surface area is 148 Å². The SMILES string of the molecule is COc1ccc(-n2c(=O)c3c(=O)[nH]ccc3c3ccccc32)cc1OC. The van der Waals surface area contributed by atoms with Crippen LogP contribution in [0.3, 0.4) is 0 Å². The minimum Gasteiger partial charge on any atom is -0.493 e. The van der Waals surface area contributed by atoms with Crippen LogP contribution in [0.4, 0.5) is 0 Å². The van der Waals surface area contributed by atoms with Gasteiger partial charge in [0.25, 0.3) is 11.1 Å². The van der Waals surface area contributed by atoms with Crippen molar-refractivity contribution in [2.24, 2.45) is 0 Å². The first-order chi connectivity index (χ1) is 12.7. The largest absolute Gasteiger partial charge is 0.493 e. The first kappa shape index (κ1) is 16.0. The first-order valence-corrected chi connectivity index (χ1v) is 8.03. The van der Waals surface area contributed by atoms with Gasteiger partial charge in [-0.2, -0.15) is 0 Å². The van der Waals surface area contributed by atoms with Gasteiger partial charge in [0.1, 0.15) is 5.39 Å². The van der Waals surface area contributed by atoms with Gasteiger partial charge in [0, 0.05) is 23.0 Å². The molecule has 0 radical (unpaired) electrons. The highest BCUT2D eigenvalue weighted by Gasteiger charge is 2.15. The van der Waals surface area contributed by atoms with E-state index < -0.39 is 5.56 Å². The number of aromatic nitrogens is 2. The van der Waals surface area contributed by atoms with Crippen molar-refractivity contribution in [1.82, 2.24) is 9.55 Å². The molecule has 0 atom stereocenters. The maximum Gasteiger partial charge on any atom is 0.269 e. The van der Waals surface area contributed by atoms with Crippen LogP contribution in [0, 0.1) is 0 Å². The number of fused-ring (bicyclic) bond motifs is 3. The first-order valence-electron chi connectivity index (χ1n) is 8.03. The molecule has 0 saturated heterocycles. The highest BCUT2D eigenvalue weighted by atomic mass is 16.5. The number of rotatable bonds is 3. The summed E-state index contributed by atoms with van der Waals surface area (Å²) in [6.45, 7) is 0. The van der Waals surface area contributed by atoms with Crippen molar-refractivity contribution in [3.05, 3.63) is 75.4 Å². The molecule has 4 aromatic rings. The summed E-state index contributed by atoms with van der Waals surface area (Å²) < 4.78 is 12.1. The van der Waals surface area contributed by atoms with Gasteiger partial charge in [0.05, 0.1) is 25.4 Å². The predicted octanol–water partition coefficient (Wildman–Crippen LogP) is 2.85. The van der Waals surface area contributed by atoms with Crippen LogP contribution in [0.15, 0.2) is 64.3 Å². The topological polar surface area (TPSA) is 73.3 Å². The molecule has 0 amide bonds. The summed E-state index contributed by atoms with van der Waals surface area (Å²) in [7, 11) is 3.09. The van der Waals surface area contributed by atoms with Crippen LogP contribution in [-0.2, 0) is 0 Å². The molecule has 0 aliphatic carbocycles. The summed E-state index contributed by atoms with van der Waals surface area (Å²) in [6, 6.07) is 14.5. The molecule has 1 N–H and O–H groups in total. The van der Waals surface area contributed by atoms with Gasteiger partial charge >= 0.3 is 0 Å².